The first-order chi connectivity index (χ1) is 10.1. The number of benzene rings is 2. The van der Waals surface area contributed by atoms with Crippen molar-refractivity contribution >= 4 is 27.8 Å². The van der Waals surface area contributed by atoms with Crippen LogP contribution in [0.5, 0.6) is 0 Å². The number of para-hydroxylation sites is 1. The van der Waals surface area contributed by atoms with E-state index in [9.17, 15) is 4.21 Å². The zero-order chi connectivity index (χ0) is 14.8. The summed E-state index contributed by atoms with van der Waals surface area (Å²) in [6.07, 6.45) is 1.93. The maximum absolute atomic E-state index is 12.3. The number of aromatic nitrogens is 1. The molecule has 1 heterocycles. The summed E-state index contributed by atoms with van der Waals surface area (Å²) in [5, 5.41) is 2.94. The molecule has 3 rings (SSSR count). The first-order valence-corrected chi connectivity index (χ1v) is 8.06. The van der Waals surface area contributed by atoms with Crippen LogP contribution in [0.2, 0.25) is 0 Å². The van der Waals surface area contributed by atoms with Crippen LogP contribution in [0.4, 0.5) is 0 Å². The lowest BCUT2D eigenvalue weighted by atomic mass is 10.2. The third-order valence-corrected chi connectivity index (χ3v) is 4.72. The summed E-state index contributed by atoms with van der Waals surface area (Å²) in [5.41, 5.74) is 3.41. The van der Waals surface area contributed by atoms with Gasteiger partial charge in [0.25, 0.3) is 0 Å². The minimum absolute atomic E-state index is 0.829. The van der Waals surface area contributed by atoms with E-state index < -0.39 is 10.8 Å². The van der Waals surface area contributed by atoms with E-state index >= 15 is 0 Å². The molecular formula is C18H17NOS. The van der Waals surface area contributed by atoms with Gasteiger partial charge in [-0.25, -0.2) is 4.21 Å². The number of hydrogen-bond donors (Lipinski definition) is 0. The van der Waals surface area contributed by atoms with Crippen LogP contribution in [0.1, 0.15) is 11.3 Å². The Balaban J connectivity index is 1.89. The summed E-state index contributed by atoms with van der Waals surface area (Å²) in [6.45, 7) is 2.03. The summed E-state index contributed by atoms with van der Waals surface area (Å²) < 4.78 is 14.4. The first kappa shape index (κ1) is 13.8. The standard InChI is InChI=1S/C18H17NOS/c1-14-7-9-17(10-8-14)21(20)12-11-16-13-15-5-3-4-6-18(15)19(16)2/h3-13H,1-2H3/b12-11+/t21-/m1/s1. The van der Waals surface area contributed by atoms with Crippen molar-refractivity contribution in [3.05, 3.63) is 71.3 Å². The second-order valence-corrected chi connectivity index (χ2v) is 6.44. The summed E-state index contributed by atoms with van der Waals surface area (Å²) in [6, 6.07) is 18.1. The van der Waals surface area contributed by atoms with Crippen LogP contribution in [0, 0.1) is 6.92 Å². The summed E-state index contributed by atoms with van der Waals surface area (Å²) in [5.74, 6) is 0. The quantitative estimate of drug-likeness (QED) is 0.707. The van der Waals surface area contributed by atoms with Crippen LogP contribution >= 0.6 is 0 Å². The predicted molar refractivity (Wildman–Crippen MR) is 89.5 cm³/mol. The van der Waals surface area contributed by atoms with Crippen molar-refractivity contribution in [2.45, 2.75) is 11.8 Å². The highest BCUT2D eigenvalue weighted by molar-refractivity contribution is 7.88. The van der Waals surface area contributed by atoms with Gasteiger partial charge < -0.3 is 4.57 Å². The average molecular weight is 295 g/mol. The Bertz CT molecular complexity index is 828. The molecule has 0 aliphatic carbocycles. The molecule has 1 atom stereocenters. The monoisotopic (exact) mass is 295 g/mol. The van der Waals surface area contributed by atoms with Crippen molar-refractivity contribution in [2.75, 3.05) is 0 Å². The third-order valence-electron chi connectivity index (χ3n) is 3.60. The van der Waals surface area contributed by atoms with E-state index in [1.807, 2.05) is 56.4 Å². The lowest BCUT2D eigenvalue weighted by molar-refractivity contribution is 0.688. The van der Waals surface area contributed by atoms with Gasteiger partial charge in [0.15, 0.2) is 0 Å². The van der Waals surface area contributed by atoms with Crippen LogP contribution in [-0.4, -0.2) is 8.78 Å². The number of hydrogen-bond acceptors (Lipinski definition) is 1. The Morgan fingerprint density at radius 3 is 2.48 bits per heavy atom. The Morgan fingerprint density at radius 1 is 1.05 bits per heavy atom. The van der Waals surface area contributed by atoms with Crippen molar-refractivity contribution < 1.29 is 4.21 Å². The SMILES string of the molecule is Cc1ccc([S@](=O)/C=C/c2cc3ccccc3n2C)cc1. The van der Waals surface area contributed by atoms with Crippen LogP contribution in [0.3, 0.4) is 0 Å². The number of aryl methyl sites for hydroxylation is 2. The Hall–Kier alpha value is -2.13. The molecular weight excluding hydrogens is 278 g/mol. The van der Waals surface area contributed by atoms with Crippen molar-refractivity contribution in [1.82, 2.24) is 4.57 Å². The molecule has 3 aromatic rings. The van der Waals surface area contributed by atoms with Crippen molar-refractivity contribution in [1.29, 1.82) is 0 Å². The van der Waals surface area contributed by atoms with Crippen LogP contribution < -0.4 is 0 Å². The van der Waals surface area contributed by atoms with Gasteiger partial charge in [0.05, 0.1) is 10.8 Å². The van der Waals surface area contributed by atoms with E-state index in [0.29, 0.717) is 0 Å². The first-order valence-electron chi connectivity index (χ1n) is 6.85. The molecule has 0 radical (unpaired) electrons. The lowest BCUT2D eigenvalue weighted by Crippen LogP contribution is -1.91. The van der Waals surface area contributed by atoms with Crippen molar-refractivity contribution in [3.8, 4) is 0 Å². The molecule has 106 valence electrons. The Labute approximate surface area is 127 Å². The maximum Gasteiger partial charge on any atom is 0.0776 e. The van der Waals surface area contributed by atoms with E-state index in [1.54, 1.807) is 5.41 Å². The van der Waals surface area contributed by atoms with E-state index in [0.717, 1.165) is 10.6 Å². The van der Waals surface area contributed by atoms with Crippen molar-refractivity contribution in [2.24, 2.45) is 7.05 Å². The molecule has 1 aromatic heterocycles. The Kier molecular flexibility index (Phi) is 3.76. The minimum atomic E-state index is -1.12. The maximum atomic E-state index is 12.3. The molecule has 0 unspecified atom stereocenters. The highest BCUT2D eigenvalue weighted by atomic mass is 32.2. The van der Waals surface area contributed by atoms with Gasteiger partial charge in [-0.15, -0.1) is 0 Å². The largest absolute Gasteiger partial charge is 0.344 e. The topological polar surface area (TPSA) is 22.0 Å². The van der Waals surface area contributed by atoms with E-state index in [4.69, 9.17) is 0 Å². The summed E-state index contributed by atoms with van der Waals surface area (Å²) in [4.78, 5) is 0.829. The molecule has 0 bridgehead atoms. The van der Waals surface area contributed by atoms with Gasteiger partial charge in [-0.2, -0.15) is 0 Å². The normalized spacial score (nSPS) is 13.0. The number of rotatable bonds is 3. The van der Waals surface area contributed by atoms with Gasteiger partial charge in [0.1, 0.15) is 0 Å². The third kappa shape index (κ3) is 2.83. The van der Waals surface area contributed by atoms with Crippen LogP contribution in [0.25, 0.3) is 17.0 Å². The summed E-state index contributed by atoms with van der Waals surface area (Å²) in [7, 11) is 0.909. The zero-order valence-corrected chi connectivity index (χ0v) is 12.9. The second-order valence-electron chi connectivity index (χ2n) is 5.10. The van der Waals surface area contributed by atoms with Gasteiger partial charge in [0, 0.05) is 33.9 Å². The fraction of sp³-hybridized carbons (Fsp3) is 0.111. The second kappa shape index (κ2) is 5.70. The van der Waals surface area contributed by atoms with Gasteiger partial charge in [-0.05, 0) is 37.3 Å². The van der Waals surface area contributed by atoms with Gasteiger partial charge in [-0.3, -0.25) is 0 Å². The predicted octanol–water partition coefficient (Wildman–Crippen LogP) is 4.27. The molecule has 0 saturated carbocycles. The van der Waals surface area contributed by atoms with Crippen LogP contribution in [0.15, 0.2) is 64.9 Å². The highest BCUT2D eigenvalue weighted by Gasteiger charge is 2.03. The fourth-order valence-electron chi connectivity index (χ4n) is 2.35. The molecule has 21 heavy (non-hydrogen) atoms. The number of nitrogens with zero attached hydrogens (tertiary/aromatic N) is 1. The Morgan fingerprint density at radius 2 is 1.76 bits per heavy atom. The lowest BCUT2D eigenvalue weighted by Gasteiger charge is -2.00. The number of fused-ring (bicyclic) bond motifs is 1. The molecule has 2 nitrogen and oxygen atoms in total. The highest BCUT2D eigenvalue weighted by Crippen LogP contribution is 2.20. The van der Waals surface area contributed by atoms with Gasteiger partial charge >= 0.3 is 0 Å². The molecule has 0 N–H and O–H groups in total. The molecule has 0 saturated heterocycles. The fourth-order valence-corrected chi connectivity index (χ4v) is 3.18. The summed E-state index contributed by atoms with van der Waals surface area (Å²) >= 11 is 0. The smallest absolute Gasteiger partial charge is 0.0776 e. The van der Waals surface area contributed by atoms with E-state index in [-0.39, 0.29) is 0 Å². The molecule has 0 aliphatic rings. The molecule has 0 amide bonds. The van der Waals surface area contributed by atoms with E-state index in [1.165, 1.54) is 16.5 Å². The molecule has 0 fully saturated rings. The molecule has 3 heteroatoms. The minimum Gasteiger partial charge on any atom is -0.344 e. The van der Waals surface area contributed by atoms with Gasteiger partial charge in [0.2, 0.25) is 0 Å². The average Bonchev–Trinajstić information content (AvgIpc) is 2.82. The van der Waals surface area contributed by atoms with Crippen molar-refractivity contribution in [3.63, 3.8) is 0 Å². The molecule has 2 aromatic carbocycles. The van der Waals surface area contributed by atoms with Gasteiger partial charge in [-0.1, -0.05) is 35.9 Å². The molecule has 0 aliphatic heterocycles. The van der Waals surface area contributed by atoms with Crippen LogP contribution in [-0.2, 0) is 17.8 Å². The van der Waals surface area contributed by atoms with E-state index in [2.05, 4.69) is 22.8 Å². The molecule has 0 spiro atoms. The zero-order valence-electron chi connectivity index (χ0n) is 12.1.